The van der Waals surface area contributed by atoms with Crippen molar-refractivity contribution in [2.45, 2.75) is 52.1 Å². The first-order valence-corrected chi connectivity index (χ1v) is 6.24. The predicted molar refractivity (Wildman–Crippen MR) is 60.8 cm³/mol. The van der Waals surface area contributed by atoms with Crippen molar-refractivity contribution in [3.63, 3.8) is 0 Å². The summed E-state index contributed by atoms with van der Waals surface area (Å²) in [5.41, 5.74) is 1.22. The van der Waals surface area contributed by atoms with Crippen molar-refractivity contribution in [1.82, 2.24) is 10.3 Å². The van der Waals surface area contributed by atoms with Crippen LogP contribution in [-0.4, -0.2) is 11.0 Å². The average Bonchev–Trinajstić information content (AvgIpc) is 2.87. The molecule has 1 aliphatic carbocycles. The van der Waals surface area contributed by atoms with Gasteiger partial charge in [-0.05, 0) is 33.1 Å². The van der Waals surface area contributed by atoms with E-state index >= 15 is 0 Å². The van der Waals surface area contributed by atoms with Gasteiger partial charge in [0.15, 0.2) is 0 Å². The van der Waals surface area contributed by atoms with E-state index in [1.54, 1.807) is 0 Å². The van der Waals surface area contributed by atoms with Crippen LogP contribution in [0, 0.1) is 6.92 Å². The van der Waals surface area contributed by atoms with Crippen molar-refractivity contribution in [2.75, 3.05) is 0 Å². The van der Waals surface area contributed by atoms with Crippen LogP contribution in [0.25, 0.3) is 0 Å². The number of nitrogens with one attached hydrogen (secondary N) is 1. The molecule has 1 aromatic heterocycles. The zero-order valence-corrected chi connectivity index (χ0v) is 9.95. The van der Waals surface area contributed by atoms with Crippen molar-refractivity contribution in [3.05, 3.63) is 15.6 Å². The summed E-state index contributed by atoms with van der Waals surface area (Å²) in [4.78, 5) is 5.98. The van der Waals surface area contributed by atoms with Crippen LogP contribution in [-0.2, 0) is 6.42 Å². The number of nitrogens with zero attached hydrogens (tertiary/aromatic N) is 1. The Hall–Kier alpha value is -0.410. The maximum Gasteiger partial charge on any atom is 0.0928 e. The zero-order valence-electron chi connectivity index (χ0n) is 9.13. The molecule has 14 heavy (non-hydrogen) atoms. The van der Waals surface area contributed by atoms with E-state index in [-0.39, 0.29) is 0 Å². The molecule has 1 fully saturated rings. The molecule has 1 saturated carbocycles. The highest BCUT2D eigenvalue weighted by atomic mass is 32.1. The van der Waals surface area contributed by atoms with Gasteiger partial charge in [0.05, 0.1) is 10.7 Å². The standard InChI is InChI=1S/C11H18N2S/c1-4-10-13-8(3)11(14-10)7(2)12-9-5-6-9/h7,9,12H,4-6H2,1-3H3. The number of aromatic nitrogens is 1. The fourth-order valence-electron chi connectivity index (χ4n) is 1.70. The van der Waals surface area contributed by atoms with Crippen LogP contribution < -0.4 is 5.32 Å². The fraction of sp³-hybridized carbons (Fsp3) is 0.727. The van der Waals surface area contributed by atoms with Crippen molar-refractivity contribution in [2.24, 2.45) is 0 Å². The van der Waals surface area contributed by atoms with Gasteiger partial charge in [-0.3, -0.25) is 0 Å². The summed E-state index contributed by atoms with van der Waals surface area (Å²) in [5, 5.41) is 4.88. The molecule has 3 heteroatoms. The van der Waals surface area contributed by atoms with Gasteiger partial charge in [0.25, 0.3) is 0 Å². The van der Waals surface area contributed by atoms with Crippen molar-refractivity contribution < 1.29 is 0 Å². The summed E-state index contributed by atoms with van der Waals surface area (Å²) in [7, 11) is 0. The molecule has 1 heterocycles. The highest BCUT2D eigenvalue weighted by Gasteiger charge is 2.24. The van der Waals surface area contributed by atoms with Gasteiger partial charge in [0, 0.05) is 17.0 Å². The molecular weight excluding hydrogens is 192 g/mol. The summed E-state index contributed by atoms with van der Waals surface area (Å²) < 4.78 is 0. The van der Waals surface area contributed by atoms with E-state index in [0.29, 0.717) is 6.04 Å². The molecule has 0 bridgehead atoms. The second-order valence-electron chi connectivity index (χ2n) is 4.07. The Bertz CT molecular complexity index is 315. The summed E-state index contributed by atoms with van der Waals surface area (Å²) in [6.45, 7) is 6.54. The summed E-state index contributed by atoms with van der Waals surface area (Å²) in [6.07, 6.45) is 3.76. The van der Waals surface area contributed by atoms with Gasteiger partial charge in [-0.2, -0.15) is 0 Å². The van der Waals surface area contributed by atoms with Crippen LogP contribution in [0.4, 0.5) is 0 Å². The Morgan fingerprint density at radius 3 is 2.79 bits per heavy atom. The number of rotatable bonds is 4. The van der Waals surface area contributed by atoms with Gasteiger partial charge < -0.3 is 5.32 Å². The number of thiazole rings is 1. The smallest absolute Gasteiger partial charge is 0.0928 e. The van der Waals surface area contributed by atoms with E-state index in [4.69, 9.17) is 0 Å². The van der Waals surface area contributed by atoms with Crippen LogP contribution in [0.5, 0.6) is 0 Å². The summed E-state index contributed by atoms with van der Waals surface area (Å²) in [5.74, 6) is 0. The van der Waals surface area contributed by atoms with E-state index in [1.807, 2.05) is 11.3 Å². The van der Waals surface area contributed by atoms with Crippen LogP contribution in [0.3, 0.4) is 0 Å². The number of hydrogen-bond acceptors (Lipinski definition) is 3. The Balaban J connectivity index is 2.08. The van der Waals surface area contributed by atoms with E-state index in [2.05, 4.69) is 31.1 Å². The molecule has 0 spiro atoms. The monoisotopic (exact) mass is 210 g/mol. The molecule has 1 aliphatic rings. The zero-order chi connectivity index (χ0) is 10.1. The molecule has 0 aromatic carbocycles. The first-order chi connectivity index (χ1) is 6.70. The van der Waals surface area contributed by atoms with Gasteiger partial charge in [-0.25, -0.2) is 4.98 Å². The van der Waals surface area contributed by atoms with Crippen LogP contribution >= 0.6 is 11.3 Å². The third kappa shape index (κ3) is 2.15. The summed E-state index contributed by atoms with van der Waals surface area (Å²) in [6, 6.07) is 1.26. The van der Waals surface area contributed by atoms with Gasteiger partial charge in [-0.1, -0.05) is 6.92 Å². The second-order valence-corrected chi connectivity index (χ2v) is 5.19. The van der Waals surface area contributed by atoms with Crippen molar-refractivity contribution >= 4 is 11.3 Å². The van der Waals surface area contributed by atoms with E-state index < -0.39 is 0 Å². The number of aryl methyl sites for hydroxylation is 2. The predicted octanol–water partition coefficient (Wildman–Crippen LogP) is 2.83. The lowest BCUT2D eigenvalue weighted by Gasteiger charge is -2.11. The van der Waals surface area contributed by atoms with E-state index in [0.717, 1.165) is 12.5 Å². The Morgan fingerprint density at radius 1 is 1.57 bits per heavy atom. The lowest BCUT2D eigenvalue weighted by Crippen LogP contribution is -2.20. The second kappa shape index (κ2) is 3.99. The quantitative estimate of drug-likeness (QED) is 0.826. The Labute approximate surface area is 89.8 Å². The third-order valence-corrected chi connectivity index (χ3v) is 4.12. The topological polar surface area (TPSA) is 24.9 Å². The molecule has 1 N–H and O–H groups in total. The molecule has 0 radical (unpaired) electrons. The molecule has 78 valence electrons. The third-order valence-electron chi connectivity index (χ3n) is 2.64. The van der Waals surface area contributed by atoms with Gasteiger partial charge >= 0.3 is 0 Å². The first kappa shape index (κ1) is 10.1. The minimum atomic E-state index is 0.486. The lowest BCUT2D eigenvalue weighted by molar-refractivity contribution is 0.576. The van der Waals surface area contributed by atoms with Crippen molar-refractivity contribution in [1.29, 1.82) is 0 Å². The van der Waals surface area contributed by atoms with Gasteiger partial charge in [-0.15, -0.1) is 11.3 Å². The minimum Gasteiger partial charge on any atom is -0.307 e. The molecular formula is C11H18N2S. The largest absolute Gasteiger partial charge is 0.307 e. The van der Waals surface area contributed by atoms with Crippen molar-refractivity contribution in [3.8, 4) is 0 Å². The average molecular weight is 210 g/mol. The SMILES string of the molecule is CCc1nc(C)c(C(C)NC2CC2)s1. The number of hydrogen-bond donors (Lipinski definition) is 1. The molecule has 0 aliphatic heterocycles. The Morgan fingerprint density at radius 2 is 2.29 bits per heavy atom. The van der Waals surface area contributed by atoms with Crippen LogP contribution in [0.2, 0.25) is 0 Å². The maximum absolute atomic E-state index is 4.56. The fourth-order valence-corrected chi connectivity index (χ4v) is 2.72. The minimum absolute atomic E-state index is 0.486. The lowest BCUT2D eigenvalue weighted by atomic mass is 10.2. The normalized spacial score (nSPS) is 18.5. The van der Waals surface area contributed by atoms with Gasteiger partial charge in [0.1, 0.15) is 0 Å². The molecule has 1 unspecified atom stereocenters. The van der Waals surface area contributed by atoms with E-state index in [1.165, 1.54) is 28.4 Å². The molecule has 1 atom stereocenters. The van der Waals surface area contributed by atoms with Crippen LogP contribution in [0.1, 0.15) is 48.3 Å². The highest BCUT2D eigenvalue weighted by Crippen LogP contribution is 2.29. The van der Waals surface area contributed by atoms with Gasteiger partial charge in [0.2, 0.25) is 0 Å². The van der Waals surface area contributed by atoms with Crippen LogP contribution in [0.15, 0.2) is 0 Å². The Kier molecular flexibility index (Phi) is 2.88. The molecule has 0 amide bonds. The molecule has 1 aromatic rings. The maximum atomic E-state index is 4.56. The summed E-state index contributed by atoms with van der Waals surface area (Å²) >= 11 is 1.86. The molecule has 2 nitrogen and oxygen atoms in total. The highest BCUT2D eigenvalue weighted by molar-refractivity contribution is 7.11. The molecule has 0 saturated heterocycles. The first-order valence-electron chi connectivity index (χ1n) is 5.43. The van der Waals surface area contributed by atoms with E-state index in [9.17, 15) is 0 Å². The molecule has 2 rings (SSSR count).